The molecular weight excluding hydrogens is 184 g/mol. The van der Waals surface area contributed by atoms with E-state index in [1.807, 2.05) is 7.05 Å². The van der Waals surface area contributed by atoms with E-state index in [0.29, 0.717) is 6.04 Å². The van der Waals surface area contributed by atoms with Gasteiger partial charge in [-0.3, -0.25) is 0 Å². The van der Waals surface area contributed by atoms with Gasteiger partial charge in [0.15, 0.2) is 0 Å². The quantitative estimate of drug-likeness (QED) is 0.748. The fourth-order valence-corrected chi connectivity index (χ4v) is 1.47. The maximum Gasteiger partial charge on any atom is 0.202 e. The van der Waals surface area contributed by atoms with Crippen LogP contribution in [0.2, 0.25) is 0 Å². The Balaban J connectivity index is 2.36. The summed E-state index contributed by atoms with van der Waals surface area (Å²) in [5, 5.41) is 7.30. The van der Waals surface area contributed by atoms with Crippen LogP contribution >= 0.6 is 11.5 Å². The smallest absolute Gasteiger partial charge is 0.202 e. The van der Waals surface area contributed by atoms with Gasteiger partial charge >= 0.3 is 0 Å². The van der Waals surface area contributed by atoms with Crippen molar-refractivity contribution in [3.8, 4) is 0 Å². The van der Waals surface area contributed by atoms with Crippen LogP contribution in [0.15, 0.2) is 0 Å². The van der Waals surface area contributed by atoms with Crippen molar-refractivity contribution >= 4 is 16.7 Å². The lowest BCUT2D eigenvalue weighted by atomic mass is 10.3. The SMILES string of the molecule is CCc1nsc(NCC(C)NC)n1. The third kappa shape index (κ3) is 3.28. The van der Waals surface area contributed by atoms with Gasteiger partial charge in [-0.15, -0.1) is 0 Å². The minimum absolute atomic E-state index is 0.453. The number of rotatable bonds is 5. The monoisotopic (exact) mass is 200 g/mol. The lowest BCUT2D eigenvalue weighted by molar-refractivity contribution is 0.638. The fourth-order valence-electron chi connectivity index (χ4n) is 0.812. The standard InChI is InChI=1S/C8H16N4S/c1-4-7-11-8(13-12-7)10-5-6(2)9-3/h6,9H,4-5H2,1-3H3,(H,10,11,12). The van der Waals surface area contributed by atoms with E-state index in [1.54, 1.807) is 0 Å². The molecule has 1 aromatic heterocycles. The highest BCUT2D eigenvalue weighted by molar-refractivity contribution is 7.09. The molecule has 0 bridgehead atoms. The average molecular weight is 200 g/mol. The van der Waals surface area contributed by atoms with Crippen molar-refractivity contribution in [3.63, 3.8) is 0 Å². The first-order chi connectivity index (χ1) is 6.26. The molecule has 0 aliphatic heterocycles. The summed E-state index contributed by atoms with van der Waals surface area (Å²) in [6.07, 6.45) is 0.903. The lowest BCUT2D eigenvalue weighted by Gasteiger charge is -2.09. The third-order valence-electron chi connectivity index (χ3n) is 1.84. The maximum absolute atomic E-state index is 4.30. The Kier molecular flexibility index (Phi) is 4.11. The Morgan fingerprint density at radius 1 is 1.54 bits per heavy atom. The number of nitrogens with zero attached hydrogens (tertiary/aromatic N) is 2. The van der Waals surface area contributed by atoms with Crippen molar-refractivity contribution in [2.75, 3.05) is 18.9 Å². The van der Waals surface area contributed by atoms with Gasteiger partial charge in [0, 0.05) is 30.5 Å². The molecule has 0 amide bonds. The molecule has 1 aromatic rings. The summed E-state index contributed by atoms with van der Waals surface area (Å²) in [6, 6.07) is 0.453. The average Bonchev–Trinajstić information content (AvgIpc) is 2.61. The Hall–Kier alpha value is -0.680. The van der Waals surface area contributed by atoms with Crippen LogP contribution in [0.3, 0.4) is 0 Å². The molecule has 1 rings (SSSR count). The van der Waals surface area contributed by atoms with Crippen LogP contribution in [0.5, 0.6) is 0 Å². The first-order valence-electron chi connectivity index (χ1n) is 4.50. The molecule has 2 N–H and O–H groups in total. The van der Waals surface area contributed by atoms with Crippen molar-refractivity contribution < 1.29 is 0 Å². The van der Waals surface area contributed by atoms with Crippen LogP contribution in [0, 0.1) is 0 Å². The molecule has 74 valence electrons. The second kappa shape index (κ2) is 5.14. The number of nitrogens with one attached hydrogen (secondary N) is 2. The minimum Gasteiger partial charge on any atom is -0.359 e. The van der Waals surface area contributed by atoms with Gasteiger partial charge < -0.3 is 10.6 Å². The molecule has 1 heterocycles. The third-order valence-corrected chi connectivity index (χ3v) is 2.55. The second-order valence-electron chi connectivity index (χ2n) is 2.94. The predicted octanol–water partition coefficient (Wildman–Crippen LogP) is 1.12. The first-order valence-corrected chi connectivity index (χ1v) is 5.27. The number of aromatic nitrogens is 2. The summed E-state index contributed by atoms with van der Waals surface area (Å²) in [5.74, 6) is 0.921. The molecule has 5 heteroatoms. The van der Waals surface area contributed by atoms with E-state index in [4.69, 9.17) is 0 Å². The molecular formula is C8H16N4S. The first kappa shape index (κ1) is 10.4. The Bertz CT molecular complexity index is 248. The summed E-state index contributed by atoms with van der Waals surface area (Å²) in [5.41, 5.74) is 0. The molecule has 0 aliphatic rings. The largest absolute Gasteiger partial charge is 0.359 e. The summed E-state index contributed by atoms with van der Waals surface area (Å²) >= 11 is 1.43. The summed E-state index contributed by atoms with van der Waals surface area (Å²) in [6.45, 7) is 5.06. The van der Waals surface area contributed by atoms with Crippen LogP contribution in [0.4, 0.5) is 5.13 Å². The molecule has 0 fully saturated rings. The highest BCUT2D eigenvalue weighted by Gasteiger charge is 2.02. The topological polar surface area (TPSA) is 49.8 Å². The molecule has 13 heavy (non-hydrogen) atoms. The van der Waals surface area contributed by atoms with Crippen LogP contribution in [-0.2, 0) is 6.42 Å². The fraction of sp³-hybridized carbons (Fsp3) is 0.750. The zero-order valence-corrected chi connectivity index (χ0v) is 9.11. The van der Waals surface area contributed by atoms with Gasteiger partial charge in [0.2, 0.25) is 5.13 Å². The normalized spacial score (nSPS) is 12.8. The molecule has 4 nitrogen and oxygen atoms in total. The molecule has 0 spiro atoms. The van der Waals surface area contributed by atoms with E-state index in [1.165, 1.54) is 11.5 Å². The minimum atomic E-state index is 0.453. The van der Waals surface area contributed by atoms with E-state index in [9.17, 15) is 0 Å². The van der Waals surface area contributed by atoms with E-state index < -0.39 is 0 Å². The number of anilines is 1. The molecule has 1 atom stereocenters. The zero-order chi connectivity index (χ0) is 9.68. The molecule has 0 aromatic carbocycles. The van der Waals surface area contributed by atoms with Gasteiger partial charge in [0.05, 0.1) is 0 Å². The molecule has 0 radical (unpaired) electrons. The summed E-state index contributed by atoms with van der Waals surface area (Å²) < 4.78 is 4.19. The molecule has 0 saturated carbocycles. The van der Waals surface area contributed by atoms with Crippen molar-refractivity contribution in [1.82, 2.24) is 14.7 Å². The zero-order valence-electron chi connectivity index (χ0n) is 8.29. The molecule has 0 saturated heterocycles. The molecule has 0 aliphatic carbocycles. The summed E-state index contributed by atoms with van der Waals surface area (Å²) in [4.78, 5) is 4.30. The van der Waals surface area contributed by atoms with Crippen molar-refractivity contribution in [1.29, 1.82) is 0 Å². The van der Waals surface area contributed by atoms with Crippen molar-refractivity contribution in [2.45, 2.75) is 26.3 Å². The Morgan fingerprint density at radius 2 is 2.31 bits per heavy atom. The van der Waals surface area contributed by atoms with Crippen LogP contribution in [-0.4, -0.2) is 29.0 Å². The van der Waals surface area contributed by atoms with Crippen molar-refractivity contribution in [3.05, 3.63) is 5.82 Å². The van der Waals surface area contributed by atoms with Gasteiger partial charge in [-0.25, -0.2) is 4.98 Å². The van der Waals surface area contributed by atoms with Gasteiger partial charge in [0.25, 0.3) is 0 Å². The Morgan fingerprint density at radius 3 is 2.85 bits per heavy atom. The maximum atomic E-state index is 4.30. The van der Waals surface area contributed by atoms with Crippen LogP contribution < -0.4 is 10.6 Å². The number of aryl methyl sites for hydroxylation is 1. The number of hydrogen-bond acceptors (Lipinski definition) is 5. The summed E-state index contributed by atoms with van der Waals surface area (Å²) in [7, 11) is 1.95. The van der Waals surface area contributed by atoms with Crippen LogP contribution in [0.1, 0.15) is 19.7 Å². The van der Waals surface area contributed by atoms with Crippen molar-refractivity contribution in [2.24, 2.45) is 0 Å². The number of hydrogen-bond donors (Lipinski definition) is 2. The van der Waals surface area contributed by atoms with E-state index in [-0.39, 0.29) is 0 Å². The van der Waals surface area contributed by atoms with Crippen LogP contribution in [0.25, 0.3) is 0 Å². The van der Waals surface area contributed by atoms with E-state index >= 15 is 0 Å². The molecule has 1 unspecified atom stereocenters. The van der Waals surface area contributed by atoms with Gasteiger partial charge in [0.1, 0.15) is 5.82 Å². The predicted molar refractivity (Wildman–Crippen MR) is 56.3 cm³/mol. The van der Waals surface area contributed by atoms with Gasteiger partial charge in [-0.1, -0.05) is 6.92 Å². The highest BCUT2D eigenvalue weighted by atomic mass is 32.1. The van der Waals surface area contributed by atoms with E-state index in [2.05, 4.69) is 33.8 Å². The lowest BCUT2D eigenvalue weighted by Crippen LogP contribution is -2.29. The second-order valence-corrected chi connectivity index (χ2v) is 3.69. The van der Waals surface area contributed by atoms with Gasteiger partial charge in [-0.2, -0.15) is 4.37 Å². The Labute approximate surface area is 82.9 Å². The highest BCUT2D eigenvalue weighted by Crippen LogP contribution is 2.10. The van der Waals surface area contributed by atoms with Gasteiger partial charge in [-0.05, 0) is 14.0 Å². The number of likely N-dealkylation sites (N-methyl/N-ethyl adjacent to an activating group) is 1. The van der Waals surface area contributed by atoms with E-state index in [0.717, 1.165) is 23.9 Å².